The Kier molecular flexibility index (Phi) is 9.45. The molecule has 188 valence electrons. The second-order valence-corrected chi connectivity index (χ2v) is 10.1. The number of sulfone groups is 1. The average Bonchev–Trinajstić information content (AvgIpc) is 2.91. The highest BCUT2D eigenvalue weighted by molar-refractivity contribution is 7.91. The lowest BCUT2D eigenvalue weighted by Gasteiger charge is -2.23. The van der Waals surface area contributed by atoms with Gasteiger partial charge in [0.15, 0.2) is 9.84 Å². The maximum atomic E-state index is 13.0. The van der Waals surface area contributed by atoms with E-state index in [1.807, 2.05) is 24.3 Å². The van der Waals surface area contributed by atoms with Crippen LogP contribution in [0, 0.1) is 17.8 Å². The Morgan fingerprint density at radius 2 is 1.92 bits per heavy atom. The van der Waals surface area contributed by atoms with Crippen molar-refractivity contribution in [3.8, 4) is 17.6 Å². The molecule has 2 atom stereocenters. The van der Waals surface area contributed by atoms with Crippen LogP contribution in [0.15, 0.2) is 77.7 Å². The molecule has 0 fully saturated rings. The number of hydroxylamine groups is 2. The molecule has 9 heteroatoms. The Morgan fingerprint density at radius 3 is 2.53 bits per heavy atom. The smallest absolute Gasteiger partial charge is 0.233 e. The monoisotopic (exact) mass is 508 g/mol. The first-order valence-electron chi connectivity index (χ1n) is 11.3. The van der Waals surface area contributed by atoms with Crippen molar-refractivity contribution < 1.29 is 28.0 Å². The Morgan fingerprint density at radius 1 is 1.19 bits per heavy atom. The number of carbonyl (C=O) groups is 2. The van der Waals surface area contributed by atoms with Crippen molar-refractivity contribution in [2.75, 3.05) is 12.4 Å². The average molecular weight is 509 g/mol. The predicted octanol–water partition coefficient (Wildman–Crippen LogP) is 3.20. The quantitative estimate of drug-likeness (QED) is 0.209. The largest absolute Gasteiger partial charge is 0.481 e. The fraction of sp³-hybridized carbons (Fsp3) is 0.259. The van der Waals surface area contributed by atoms with Gasteiger partial charge in [-0.25, -0.2) is 13.5 Å². The van der Waals surface area contributed by atoms with Crippen molar-refractivity contribution in [1.29, 1.82) is 0 Å². The topological polar surface area (TPSA) is 113 Å². The van der Waals surface area contributed by atoms with Gasteiger partial charge in [-0.3, -0.25) is 14.8 Å². The van der Waals surface area contributed by atoms with Crippen molar-refractivity contribution >= 4 is 22.2 Å². The van der Waals surface area contributed by atoms with Gasteiger partial charge in [-0.1, -0.05) is 54.5 Å². The summed E-state index contributed by atoms with van der Waals surface area (Å²) in [5.74, 6) is 5.12. The molecule has 0 heterocycles. The number of amides is 2. The van der Waals surface area contributed by atoms with E-state index in [9.17, 15) is 23.2 Å². The third kappa shape index (κ3) is 7.31. The van der Waals surface area contributed by atoms with Crippen LogP contribution in [0.25, 0.3) is 0 Å². The van der Waals surface area contributed by atoms with Gasteiger partial charge in [0, 0.05) is 6.54 Å². The second-order valence-electron chi connectivity index (χ2n) is 8.08. The molecule has 3 rings (SSSR count). The summed E-state index contributed by atoms with van der Waals surface area (Å²) in [5, 5.41) is 13.4. The molecule has 2 unspecified atom stereocenters. The first-order valence-corrected chi connectivity index (χ1v) is 13.0. The van der Waals surface area contributed by atoms with E-state index in [4.69, 9.17) is 4.74 Å². The first kappa shape index (κ1) is 26.7. The van der Waals surface area contributed by atoms with E-state index < -0.39 is 21.6 Å². The molecule has 0 bridgehead atoms. The van der Waals surface area contributed by atoms with Crippen LogP contribution in [0.1, 0.15) is 30.5 Å². The van der Waals surface area contributed by atoms with Gasteiger partial charge in [0.25, 0.3) is 0 Å². The van der Waals surface area contributed by atoms with E-state index in [-0.39, 0.29) is 29.7 Å². The maximum Gasteiger partial charge on any atom is 0.233 e. The zero-order valence-corrected chi connectivity index (χ0v) is 20.6. The predicted molar refractivity (Wildman–Crippen MR) is 135 cm³/mol. The number of rotatable bonds is 11. The molecular formula is C27H28N2O6S. The molecule has 1 aliphatic carbocycles. The maximum absolute atomic E-state index is 13.0. The van der Waals surface area contributed by atoms with Crippen LogP contribution in [0.4, 0.5) is 0 Å². The lowest BCUT2D eigenvalue weighted by molar-refractivity contribution is -0.158. The van der Waals surface area contributed by atoms with Crippen molar-refractivity contribution in [3.63, 3.8) is 0 Å². The van der Waals surface area contributed by atoms with E-state index in [1.165, 1.54) is 24.3 Å². The number of benzene rings is 2. The number of hydrogen-bond donors (Lipinski definition) is 2. The van der Waals surface area contributed by atoms with Crippen LogP contribution in [-0.2, 0) is 26.0 Å². The fourth-order valence-corrected chi connectivity index (χ4v) is 5.09. The van der Waals surface area contributed by atoms with Crippen molar-refractivity contribution in [3.05, 3.63) is 84.0 Å². The molecule has 2 aromatic rings. The minimum atomic E-state index is -3.86. The number of hydrogen-bond acceptors (Lipinski definition) is 6. The number of carbonyl (C=O) groups excluding carboxylic acids is 2. The minimum absolute atomic E-state index is 0.0339. The molecule has 0 spiro atoms. The normalized spacial score (nSPS) is 15.3. The van der Waals surface area contributed by atoms with Crippen LogP contribution in [0.5, 0.6) is 5.75 Å². The molecule has 0 aliphatic heterocycles. The zero-order valence-electron chi connectivity index (χ0n) is 19.8. The van der Waals surface area contributed by atoms with Gasteiger partial charge in [0.2, 0.25) is 12.3 Å². The van der Waals surface area contributed by atoms with E-state index in [1.54, 1.807) is 31.2 Å². The second kappa shape index (κ2) is 12.7. The summed E-state index contributed by atoms with van der Waals surface area (Å²) in [5.41, 5.74) is 1.23. The summed E-state index contributed by atoms with van der Waals surface area (Å²) in [7, 11) is -3.86. The van der Waals surface area contributed by atoms with Gasteiger partial charge < -0.3 is 10.1 Å². The van der Waals surface area contributed by atoms with Gasteiger partial charge in [-0.2, -0.15) is 0 Å². The summed E-state index contributed by atoms with van der Waals surface area (Å²) in [6.07, 6.45) is 8.35. The lowest BCUT2D eigenvalue weighted by atomic mass is 10.00. The van der Waals surface area contributed by atoms with Crippen LogP contribution >= 0.6 is 0 Å². The fourth-order valence-electron chi connectivity index (χ4n) is 3.59. The third-order valence-corrected chi connectivity index (χ3v) is 7.37. The number of nitrogens with zero attached hydrogens (tertiary/aromatic N) is 1. The van der Waals surface area contributed by atoms with Crippen LogP contribution in [-0.4, -0.2) is 43.4 Å². The summed E-state index contributed by atoms with van der Waals surface area (Å²) < 4.78 is 31.5. The zero-order chi connectivity index (χ0) is 26.0. The summed E-state index contributed by atoms with van der Waals surface area (Å²) in [6.45, 7) is 2.18. The molecule has 0 aromatic heterocycles. The highest BCUT2D eigenvalue weighted by Gasteiger charge is 2.27. The minimum Gasteiger partial charge on any atom is -0.481 e. The van der Waals surface area contributed by atoms with E-state index in [2.05, 4.69) is 17.2 Å². The highest BCUT2D eigenvalue weighted by Crippen LogP contribution is 2.25. The molecule has 1 aliphatic rings. The van der Waals surface area contributed by atoms with Crippen molar-refractivity contribution in [2.24, 2.45) is 5.92 Å². The Labute approximate surface area is 211 Å². The molecule has 2 amide bonds. The molecule has 0 saturated carbocycles. The molecule has 2 aromatic carbocycles. The Bertz CT molecular complexity index is 1270. The van der Waals surface area contributed by atoms with Gasteiger partial charge in [-0.05, 0) is 48.7 Å². The summed E-state index contributed by atoms with van der Waals surface area (Å²) in [4.78, 5) is 23.6. The molecule has 36 heavy (non-hydrogen) atoms. The van der Waals surface area contributed by atoms with Crippen LogP contribution in [0.3, 0.4) is 0 Å². The third-order valence-electron chi connectivity index (χ3n) is 5.62. The molecular weight excluding hydrogens is 480 g/mol. The molecule has 2 N–H and O–H groups in total. The SMILES string of the molecule is CC#CCOc1ccc(S(=O)(=O)CC(c2ccc(CNC(=O)C3C=CC=CC3)cc2)N(O)C=O)cc1. The van der Waals surface area contributed by atoms with Gasteiger partial charge >= 0.3 is 0 Å². The van der Waals surface area contributed by atoms with Gasteiger partial charge in [-0.15, -0.1) is 5.92 Å². The lowest BCUT2D eigenvalue weighted by Crippen LogP contribution is -2.30. The highest BCUT2D eigenvalue weighted by atomic mass is 32.2. The van der Waals surface area contributed by atoms with Gasteiger partial charge in [0.1, 0.15) is 12.4 Å². The molecule has 8 nitrogen and oxygen atoms in total. The molecule has 0 radical (unpaired) electrons. The van der Waals surface area contributed by atoms with Crippen LogP contribution < -0.4 is 10.1 Å². The number of ether oxygens (including phenoxy) is 1. The Balaban J connectivity index is 1.68. The Hall–Kier alpha value is -3.87. The van der Waals surface area contributed by atoms with E-state index in [0.29, 0.717) is 29.3 Å². The number of allylic oxidation sites excluding steroid dienone is 3. The van der Waals surface area contributed by atoms with Crippen LogP contribution in [0.2, 0.25) is 0 Å². The standard InChI is InChI=1S/C27H28N2O6S/c1-2-3-17-35-24-13-15-25(16-14-24)36(33,34)19-26(29(32)20-30)22-11-9-21(10-12-22)18-28-27(31)23-7-5-4-6-8-23/h4-7,9-16,20,23,26,32H,8,17-19H2,1H3,(H,28,31). The molecule has 0 saturated heterocycles. The first-order chi connectivity index (χ1) is 17.3. The summed E-state index contributed by atoms with van der Waals surface area (Å²) >= 11 is 0. The number of nitrogens with one attached hydrogen (secondary N) is 1. The van der Waals surface area contributed by atoms with Crippen molar-refractivity contribution in [1.82, 2.24) is 10.4 Å². The summed E-state index contributed by atoms with van der Waals surface area (Å²) in [6, 6.07) is 11.4. The van der Waals surface area contributed by atoms with E-state index in [0.717, 1.165) is 5.56 Å². The van der Waals surface area contributed by atoms with Gasteiger partial charge in [0.05, 0.1) is 22.6 Å². The van der Waals surface area contributed by atoms with Crippen molar-refractivity contribution in [2.45, 2.75) is 30.8 Å². The van der Waals surface area contributed by atoms with E-state index >= 15 is 0 Å².